The maximum atomic E-state index is 11.4. The Morgan fingerprint density at radius 2 is 1.93 bits per heavy atom. The maximum Gasteiger partial charge on any atom is 0.330 e. The first kappa shape index (κ1) is 13.9. The zero-order valence-corrected chi connectivity index (χ0v) is 9.85. The Bertz CT molecular complexity index is 227. The number of ether oxygens (including phenoxy) is 1. The molecule has 0 spiro atoms. The number of esters is 1. The molecular formula is C10H20N2O3. The van der Waals surface area contributed by atoms with Crippen molar-refractivity contribution in [2.75, 3.05) is 20.2 Å². The van der Waals surface area contributed by atoms with Gasteiger partial charge >= 0.3 is 5.97 Å². The summed E-state index contributed by atoms with van der Waals surface area (Å²) in [5.41, 5.74) is -0.960. The fourth-order valence-electron chi connectivity index (χ4n) is 1.10. The lowest BCUT2D eigenvalue weighted by Crippen LogP contribution is -2.50. The summed E-state index contributed by atoms with van der Waals surface area (Å²) >= 11 is 0. The third-order valence-corrected chi connectivity index (χ3v) is 1.93. The summed E-state index contributed by atoms with van der Waals surface area (Å²) in [5.74, 6) is -0.606. The zero-order chi connectivity index (χ0) is 11.9. The van der Waals surface area contributed by atoms with Crippen LogP contribution in [-0.4, -0.2) is 37.6 Å². The predicted octanol–water partition coefficient (Wildman–Crippen LogP) is 0.0538. The van der Waals surface area contributed by atoms with Crippen LogP contribution in [0, 0.1) is 0 Å². The molecule has 88 valence electrons. The summed E-state index contributed by atoms with van der Waals surface area (Å²) in [7, 11) is 1.30. The van der Waals surface area contributed by atoms with Gasteiger partial charge in [0, 0.05) is 13.0 Å². The third-order valence-electron chi connectivity index (χ3n) is 1.93. The molecule has 0 fully saturated rings. The maximum absolute atomic E-state index is 11.4. The zero-order valence-electron chi connectivity index (χ0n) is 9.85. The third kappa shape index (κ3) is 5.37. The molecule has 0 heterocycles. The highest BCUT2D eigenvalue weighted by molar-refractivity contribution is 5.87. The van der Waals surface area contributed by atoms with E-state index in [1.54, 1.807) is 13.8 Å². The van der Waals surface area contributed by atoms with Gasteiger partial charge in [0.2, 0.25) is 5.91 Å². The number of amides is 1. The van der Waals surface area contributed by atoms with Crippen molar-refractivity contribution in [3.05, 3.63) is 0 Å². The van der Waals surface area contributed by atoms with Gasteiger partial charge in [-0.15, -0.1) is 0 Å². The van der Waals surface area contributed by atoms with Crippen LogP contribution in [0.1, 0.15) is 27.2 Å². The summed E-state index contributed by atoms with van der Waals surface area (Å²) in [4.78, 5) is 22.6. The highest BCUT2D eigenvalue weighted by atomic mass is 16.5. The average Bonchev–Trinajstić information content (AvgIpc) is 2.16. The summed E-state index contributed by atoms with van der Waals surface area (Å²) in [6, 6.07) is 0. The largest absolute Gasteiger partial charge is 0.467 e. The molecule has 0 radical (unpaired) electrons. The second kappa shape index (κ2) is 6.40. The van der Waals surface area contributed by atoms with Crippen LogP contribution in [0.3, 0.4) is 0 Å². The normalized spacial score (nSPS) is 10.9. The molecule has 15 heavy (non-hydrogen) atoms. The Labute approximate surface area is 90.6 Å². The molecule has 0 saturated heterocycles. The number of hydrogen-bond donors (Lipinski definition) is 2. The fourth-order valence-corrected chi connectivity index (χ4v) is 1.10. The summed E-state index contributed by atoms with van der Waals surface area (Å²) in [6.07, 6.45) is 0.355. The molecule has 0 aliphatic carbocycles. The van der Waals surface area contributed by atoms with Gasteiger partial charge in [-0.25, -0.2) is 4.79 Å². The lowest BCUT2D eigenvalue weighted by atomic mass is 10.1. The van der Waals surface area contributed by atoms with E-state index in [9.17, 15) is 9.59 Å². The van der Waals surface area contributed by atoms with Gasteiger partial charge < -0.3 is 15.4 Å². The molecule has 0 aliphatic rings. The molecule has 0 aromatic carbocycles. The van der Waals surface area contributed by atoms with Crippen molar-refractivity contribution >= 4 is 11.9 Å². The molecule has 0 saturated carbocycles. The van der Waals surface area contributed by atoms with Crippen molar-refractivity contribution in [1.82, 2.24) is 10.6 Å². The standard InChI is InChI=1S/C10H20N2O3/c1-5-11-7-6-8(13)12-10(2,3)9(14)15-4/h11H,5-7H2,1-4H3,(H,12,13). The quantitative estimate of drug-likeness (QED) is 0.486. The Morgan fingerprint density at radius 3 is 2.40 bits per heavy atom. The molecule has 0 rings (SSSR count). The van der Waals surface area contributed by atoms with E-state index in [-0.39, 0.29) is 5.91 Å². The Balaban J connectivity index is 3.99. The molecule has 0 bridgehead atoms. The molecule has 0 unspecified atom stereocenters. The number of carbonyl (C=O) groups excluding carboxylic acids is 2. The molecule has 0 aromatic rings. The van der Waals surface area contributed by atoms with Gasteiger partial charge in [-0.05, 0) is 20.4 Å². The first-order valence-corrected chi connectivity index (χ1v) is 5.04. The van der Waals surface area contributed by atoms with Crippen LogP contribution >= 0.6 is 0 Å². The van der Waals surface area contributed by atoms with E-state index in [2.05, 4.69) is 15.4 Å². The van der Waals surface area contributed by atoms with Crippen LogP contribution in [0.15, 0.2) is 0 Å². The van der Waals surface area contributed by atoms with Crippen LogP contribution in [0.4, 0.5) is 0 Å². The van der Waals surface area contributed by atoms with Gasteiger partial charge in [-0.1, -0.05) is 6.92 Å². The predicted molar refractivity (Wildman–Crippen MR) is 57.4 cm³/mol. The molecule has 2 N–H and O–H groups in total. The molecule has 5 nitrogen and oxygen atoms in total. The van der Waals surface area contributed by atoms with Gasteiger partial charge in [-0.2, -0.15) is 0 Å². The summed E-state index contributed by atoms with van der Waals surface area (Å²) in [6.45, 7) is 6.64. The van der Waals surface area contributed by atoms with E-state index >= 15 is 0 Å². The van der Waals surface area contributed by atoms with Gasteiger partial charge in [0.05, 0.1) is 7.11 Å². The van der Waals surface area contributed by atoms with Gasteiger partial charge in [0.25, 0.3) is 0 Å². The Kier molecular flexibility index (Phi) is 5.93. The van der Waals surface area contributed by atoms with Crippen LogP contribution in [0.5, 0.6) is 0 Å². The van der Waals surface area contributed by atoms with Gasteiger partial charge in [-0.3, -0.25) is 4.79 Å². The summed E-state index contributed by atoms with van der Waals surface area (Å²) in [5, 5.41) is 5.64. The van der Waals surface area contributed by atoms with Crippen molar-refractivity contribution in [2.45, 2.75) is 32.7 Å². The van der Waals surface area contributed by atoms with Gasteiger partial charge in [0.15, 0.2) is 0 Å². The molecular weight excluding hydrogens is 196 g/mol. The lowest BCUT2D eigenvalue weighted by Gasteiger charge is -2.23. The van der Waals surface area contributed by atoms with Crippen LogP contribution < -0.4 is 10.6 Å². The number of methoxy groups -OCH3 is 1. The van der Waals surface area contributed by atoms with Crippen LogP contribution in [0.2, 0.25) is 0 Å². The molecule has 0 atom stereocenters. The van der Waals surface area contributed by atoms with E-state index in [4.69, 9.17) is 0 Å². The minimum Gasteiger partial charge on any atom is -0.467 e. The number of nitrogens with one attached hydrogen (secondary N) is 2. The molecule has 0 aliphatic heterocycles. The lowest BCUT2D eigenvalue weighted by molar-refractivity contribution is -0.149. The minimum atomic E-state index is -0.960. The Hall–Kier alpha value is -1.10. The second-order valence-corrected chi connectivity index (χ2v) is 3.77. The second-order valence-electron chi connectivity index (χ2n) is 3.77. The first-order chi connectivity index (χ1) is 6.94. The van der Waals surface area contributed by atoms with Gasteiger partial charge in [0.1, 0.15) is 5.54 Å². The molecule has 0 aromatic heterocycles. The van der Waals surface area contributed by atoms with E-state index in [0.717, 1.165) is 6.54 Å². The van der Waals surface area contributed by atoms with Crippen molar-refractivity contribution < 1.29 is 14.3 Å². The Morgan fingerprint density at radius 1 is 1.33 bits per heavy atom. The number of carbonyl (C=O) groups is 2. The highest BCUT2D eigenvalue weighted by Gasteiger charge is 2.29. The molecule has 1 amide bonds. The molecule has 5 heteroatoms. The highest BCUT2D eigenvalue weighted by Crippen LogP contribution is 2.04. The van der Waals surface area contributed by atoms with E-state index < -0.39 is 11.5 Å². The minimum absolute atomic E-state index is 0.161. The van der Waals surface area contributed by atoms with Crippen molar-refractivity contribution in [1.29, 1.82) is 0 Å². The first-order valence-electron chi connectivity index (χ1n) is 5.04. The van der Waals surface area contributed by atoms with Crippen LogP contribution in [-0.2, 0) is 14.3 Å². The smallest absolute Gasteiger partial charge is 0.330 e. The number of rotatable bonds is 6. The van der Waals surface area contributed by atoms with E-state index in [0.29, 0.717) is 13.0 Å². The van der Waals surface area contributed by atoms with Crippen molar-refractivity contribution in [2.24, 2.45) is 0 Å². The van der Waals surface area contributed by atoms with E-state index in [1.165, 1.54) is 7.11 Å². The van der Waals surface area contributed by atoms with Crippen LogP contribution in [0.25, 0.3) is 0 Å². The van der Waals surface area contributed by atoms with Crippen molar-refractivity contribution in [3.63, 3.8) is 0 Å². The SMILES string of the molecule is CCNCCC(=O)NC(C)(C)C(=O)OC. The monoisotopic (exact) mass is 216 g/mol. The topological polar surface area (TPSA) is 67.4 Å². The van der Waals surface area contributed by atoms with Crippen molar-refractivity contribution in [3.8, 4) is 0 Å². The average molecular weight is 216 g/mol. The number of hydrogen-bond acceptors (Lipinski definition) is 4. The summed E-state index contributed by atoms with van der Waals surface area (Å²) < 4.78 is 4.57. The van der Waals surface area contributed by atoms with E-state index in [1.807, 2.05) is 6.92 Å². The fraction of sp³-hybridized carbons (Fsp3) is 0.800.